The molecular weight excluding hydrogens is 344 g/mol. The van der Waals surface area contributed by atoms with Gasteiger partial charge in [0, 0.05) is 16.6 Å². The number of aryl methyl sites for hydroxylation is 1. The van der Waals surface area contributed by atoms with Crippen LogP contribution in [0.2, 0.25) is 0 Å². The van der Waals surface area contributed by atoms with Crippen LogP contribution in [0.3, 0.4) is 0 Å². The Morgan fingerprint density at radius 2 is 2.15 bits per heavy atom. The number of aromatic amines is 1. The summed E-state index contributed by atoms with van der Waals surface area (Å²) in [6, 6.07) is 5.45. The van der Waals surface area contributed by atoms with E-state index in [1.54, 1.807) is 19.2 Å². The molecule has 1 aromatic carbocycles. The smallest absolute Gasteiger partial charge is 0.279 e. The Morgan fingerprint density at radius 3 is 2.85 bits per heavy atom. The van der Waals surface area contributed by atoms with E-state index in [1.807, 2.05) is 13.0 Å². The number of halogens is 1. The second kappa shape index (κ2) is 5.94. The quantitative estimate of drug-likeness (QED) is 0.762. The number of anilines is 1. The summed E-state index contributed by atoms with van der Waals surface area (Å²) in [7, 11) is -1.96. The normalized spacial score (nSPS) is 11.6. The number of hydrogen-bond acceptors (Lipinski definition) is 4. The minimum absolute atomic E-state index is 0.0697. The Kier molecular flexibility index (Phi) is 4.46. The van der Waals surface area contributed by atoms with Gasteiger partial charge in [-0.15, -0.1) is 0 Å². The van der Waals surface area contributed by atoms with Crippen molar-refractivity contribution < 1.29 is 8.42 Å². The summed E-state index contributed by atoms with van der Waals surface area (Å²) in [5, 5.41) is 9.30. The highest BCUT2D eigenvalue weighted by Gasteiger charge is 2.21. The van der Waals surface area contributed by atoms with Gasteiger partial charge in [0.2, 0.25) is 0 Å². The zero-order valence-electron chi connectivity index (χ0n) is 11.1. The molecule has 0 saturated heterocycles. The van der Waals surface area contributed by atoms with Crippen molar-refractivity contribution >= 4 is 31.6 Å². The molecule has 3 N–H and O–H groups in total. The molecule has 0 fully saturated rings. The molecule has 0 bridgehead atoms. The van der Waals surface area contributed by atoms with E-state index >= 15 is 0 Å². The third-order valence-electron chi connectivity index (χ3n) is 2.68. The van der Waals surface area contributed by atoms with E-state index in [2.05, 4.69) is 36.2 Å². The van der Waals surface area contributed by atoms with Gasteiger partial charge in [-0.1, -0.05) is 6.07 Å². The van der Waals surface area contributed by atoms with Crippen molar-refractivity contribution in [3.63, 3.8) is 0 Å². The molecular formula is C12H15BrN4O2S. The van der Waals surface area contributed by atoms with Crippen LogP contribution in [-0.4, -0.2) is 25.7 Å². The fraction of sp³-hybridized carbons (Fsp3) is 0.250. The highest BCUT2D eigenvalue weighted by Crippen LogP contribution is 2.26. The van der Waals surface area contributed by atoms with Crippen LogP contribution in [-0.2, 0) is 16.6 Å². The molecule has 0 unspecified atom stereocenters. The van der Waals surface area contributed by atoms with Crippen molar-refractivity contribution in [1.29, 1.82) is 0 Å². The van der Waals surface area contributed by atoms with E-state index in [0.29, 0.717) is 22.3 Å². The van der Waals surface area contributed by atoms with Crippen molar-refractivity contribution in [3.8, 4) is 0 Å². The number of sulfonamides is 1. The number of benzene rings is 1. The first kappa shape index (κ1) is 15.0. The van der Waals surface area contributed by atoms with Crippen LogP contribution in [0.4, 0.5) is 5.69 Å². The second-order valence-corrected chi connectivity index (χ2v) is 6.82. The molecule has 0 radical (unpaired) electrons. The molecule has 6 nitrogen and oxygen atoms in total. The third kappa shape index (κ3) is 3.20. The van der Waals surface area contributed by atoms with Gasteiger partial charge >= 0.3 is 0 Å². The van der Waals surface area contributed by atoms with Crippen molar-refractivity contribution in [3.05, 3.63) is 40.0 Å². The van der Waals surface area contributed by atoms with E-state index in [0.717, 1.165) is 5.56 Å². The lowest BCUT2D eigenvalue weighted by molar-refractivity contribution is 0.595. The van der Waals surface area contributed by atoms with Gasteiger partial charge in [0.15, 0.2) is 5.03 Å². The van der Waals surface area contributed by atoms with Gasteiger partial charge in [-0.05, 0) is 47.6 Å². The maximum atomic E-state index is 12.4. The number of aromatic nitrogens is 2. The fourth-order valence-corrected chi connectivity index (χ4v) is 3.44. The molecule has 2 aromatic rings. The van der Waals surface area contributed by atoms with Gasteiger partial charge in [-0.3, -0.25) is 9.82 Å². The molecule has 0 atom stereocenters. The Bertz CT molecular complexity index is 712. The third-order valence-corrected chi connectivity index (χ3v) is 4.75. The molecule has 1 heterocycles. The van der Waals surface area contributed by atoms with Crippen molar-refractivity contribution in [1.82, 2.24) is 15.5 Å². The fourth-order valence-electron chi connectivity index (χ4n) is 1.76. The molecule has 0 aliphatic rings. The summed E-state index contributed by atoms with van der Waals surface area (Å²) in [5.74, 6) is 0. The maximum absolute atomic E-state index is 12.4. The number of nitrogens with zero attached hydrogens (tertiary/aromatic N) is 1. The van der Waals surface area contributed by atoms with Gasteiger partial charge in [0.25, 0.3) is 10.0 Å². The van der Waals surface area contributed by atoms with E-state index in [4.69, 9.17) is 0 Å². The van der Waals surface area contributed by atoms with Gasteiger partial charge in [0.05, 0.1) is 11.9 Å². The van der Waals surface area contributed by atoms with Gasteiger partial charge in [-0.25, -0.2) is 0 Å². The van der Waals surface area contributed by atoms with Crippen LogP contribution in [0.5, 0.6) is 0 Å². The number of H-pyrrole nitrogens is 1. The molecule has 2 rings (SSSR count). The molecule has 108 valence electrons. The minimum atomic E-state index is -3.70. The zero-order chi connectivity index (χ0) is 14.8. The SMILES string of the molecule is CNCc1cn[nH]c1S(=O)(=O)Nc1cc(C)ccc1Br. The topological polar surface area (TPSA) is 86.9 Å². The zero-order valence-corrected chi connectivity index (χ0v) is 13.5. The largest absolute Gasteiger partial charge is 0.316 e. The first-order valence-electron chi connectivity index (χ1n) is 5.90. The Labute approximate surface area is 126 Å². The molecule has 0 amide bonds. The van der Waals surface area contributed by atoms with Crippen LogP contribution in [0.1, 0.15) is 11.1 Å². The van der Waals surface area contributed by atoms with Gasteiger partial charge in [0.1, 0.15) is 0 Å². The predicted octanol–water partition coefficient (Wildman–Crippen LogP) is 2.00. The lowest BCUT2D eigenvalue weighted by Crippen LogP contribution is -2.17. The Balaban J connectivity index is 2.36. The minimum Gasteiger partial charge on any atom is -0.316 e. The van der Waals surface area contributed by atoms with E-state index in [1.165, 1.54) is 6.20 Å². The average Bonchev–Trinajstić information content (AvgIpc) is 2.83. The summed E-state index contributed by atoms with van der Waals surface area (Å²) in [6.45, 7) is 2.31. The van der Waals surface area contributed by atoms with Crippen molar-refractivity contribution in [2.45, 2.75) is 18.5 Å². The van der Waals surface area contributed by atoms with Crippen molar-refractivity contribution in [2.24, 2.45) is 0 Å². The van der Waals surface area contributed by atoms with E-state index in [-0.39, 0.29) is 5.03 Å². The summed E-state index contributed by atoms with van der Waals surface area (Å²) < 4.78 is 28.0. The van der Waals surface area contributed by atoms with E-state index < -0.39 is 10.0 Å². The summed E-state index contributed by atoms with van der Waals surface area (Å²) in [5.41, 5.74) is 2.05. The summed E-state index contributed by atoms with van der Waals surface area (Å²) in [4.78, 5) is 0. The standard InChI is InChI=1S/C12H15BrN4O2S/c1-8-3-4-10(13)11(5-8)17-20(18,19)12-9(6-14-2)7-15-16-12/h3-5,7,14,17H,6H2,1-2H3,(H,15,16). The molecule has 1 aromatic heterocycles. The second-order valence-electron chi connectivity index (χ2n) is 4.34. The summed E-state index contributed by atoms with van der Waals surface area (Å²) in [6.07, 6.45) is 1.50. The first-order valence-corrected chi connectivity index (χ1v) is 8.17. The van der Waals surface area contributed by atoms with Gasteiger partial charge in [-0.2, -0.15) is 13.5 Å². The van der Waals surface area contributed by atoms with Crippen molar-refractivity contribution in [2.75, 3.05) is 11.8 Å². The van der Waals surface area contributed by atoms with Crippen LogP contribution < -0.4 is 10.0 Å². The van der Waals surface area contributed by atoms with Crippen LogP contribution in [0, 0.1) is 6.92 Å². The Morgan fingerprint density at radius 1 is 1.40 bits per heavy atom. The molecule has 0 saturated carbocycles. The van der Waals surface area contributed by atoms with Gasteiger partial charge < -0.3 is 5.32 Å². The number of rotatable bonds is 5. The Hall–Kier alpha value is -1.38. The first-order chi connectivity index (χ1) is 9.44. The predicted molar refractivity (Wildman–Crippen MR) is 81.0 cm³/mol. The monoisotopic (exact) mass is 358 g/mol. The molecule has 0 spiro atoms. The molecule has 8 heteroatoms. The highest BCUT2D eigenvalue weighted by molar-refractivity contribution is 9.10. The van der Waals surface area contributed by atoms with E-state index in [9.17, 15) is 8.42 Å². The molecule has 0 aliphatic heterocycles. The lowest BCUT2D eigenvalue weighted by Gasteiger charge is -2.10. The average molecular weight is 359 g/mol. The highest BCUT2D eigenvalue weighted by atomic mass is 79.9. The van der Waals surface area contributed by atoms with Crippen LogP contribution in [0.25, 0.3) is 0 Å². The summed E-state index contributed by atoms with van der Waals surface area (Å²) >= 11 is 3.33. The van der Waals surface area contributed by atoms with Crippen LogP contribution >= 0.6 is 15.9 Å². The molecule has 0 aliphatic carbocycles. The number of nitrogens with one attached hydrogen (secondary N) is 3. The maximum Gasteiger partial charge on any atom is 0.279 e. The molecule has 20 heavy (non-hydrogen) atoms. The van der Waals surface area contributed by atoms with Crippen LogP contribution in [0.15, 0.2) is 33.9 Å². The number of hydrogen-bond donors (Lipinski definition) is 3. The lowest BCUT2D eigenvalue weighted by atomic mass is 10.2.